The number of halogens is 1. The molecule has 14 heavy (non-hydrogen) atoms. The molecule has 1 aromatic heterocycles. The third kappa shape index (κ3) is 3.42. The molecule has 0 spiro atoms. The lowest BCUT2D eigenvalue weighted by atomic mass is 10.2. The number of hydrogen-bond donors (Lipinski definition) is 0. The molecule has 2 nitrogen and oxygen atoms in total. The van der Waals surface area contributed by atoms with Gasteiger partial charge in [0.1, 0.15) is 5.60 Å². The van der Waals surface area contributed by atoms with E-state index in [2.05, 4.69) is 15.9 Å². The summed E-state index contributed by atoms with van der Waals surface area (Å²) in [6, 6.07) is 1.85. The molecule has 0 aliphatic rings. The lowest BCUT2D eigenvalue weighted by molar-refractivity contribution is 0.00701. The maximum absolute atomic E-state index is 11.6. The van der Waals surface area contributed by atoms with E-state index in [9.17, 15) is 4.79 Å². The van der Waals surface area contributed by atoms with Crippen molar-refractivity contribution in [1.82, 2.24) is 0 Å². The van der Waals surface area contributed by atoms with Gasteiger partial charge >= 0.3 is 5.97 Å². The van der Waals surface area contributed by atoms with E-state index in [-0.39, 0.29) is 5.97 Å². The fourth-order valence-electron chi connectivity index (χ4n) is 0.895. The molecule has 0 fully saturated rings. The highest BCUT2D eigenvalue weighted by Gasteiger charge is 2.18. The molecule has 0 atom stereocenters. The number of rotatable bonds is 2. The van der Waals surface area contributed by atoms with Crippen LogP contribution in [-0.4, -0.2) is 11.6 Å². The number of ether oxygens (including phenoxy) is 1. The zero-order valence-electron chi connectivity index (χ0n) is 8.46. The summed E-state index contributed by atoms with van der Waals surface area (Å²) in [6.45, 7) is 5.59. The van der Waals surface area contributed by atoms with Gasteiger partial charge in [0.05, 0.1) is 5.56 Å². The first-order valence-corrected chi connectivity index (χ1v) is 6.29. The number of thiophene rings is 1. The van der Waals surface area contributed by atoms with Crippen LogP contribution in [0.15, 0.2) is 11.4 Å². The van der Waals surface area contributed by atoms with Gasteiger partial charge in [-0.05, 0) is 26.8 Å². The molecule has 0 bridgehead atoms. The topological polar surface area (TPSA) is 26.3 Å². The molecule has 1 rings (SSSR count). The molecule has 0 unspecified atom stereocenters. The lowest BCUT2D eigenvalue weighted by Crippen LogP contribution is -2.23. The predicted octanol–water partition coefficient (Wildman–Crippen LogP) is 3.60. The maximum atomic E-state index is 11.6. The molecule has 78 valence electrons. The van der Waals surface area contributed by atoms with E-state index >= 15 is 0 Å². The lowest BCUT2D eigenvalue weighted by Gasteiger charge is -2.18. The van der Waals surface area contributed by atoms with Crippen LogP contribution in [0.3, 0.4) is 0 Å². The fraction of sp³-hybridized carbons (Fsp3) is 0.500. The van der Waals surface area contributed by atoms with Crippen molar-refractivity contribution >= 4 is 33.2 Å². The van der Waals surface area contributed by atoms with Crippen LogP contribution in [0.4, 0.5) is 0 Å². The van der Waals surface area contributed by atoms with E-state index in [1.807, 2.05) is 32.2 Å². The smallest absolute Gasteiger partial charge is 0.339 e. The average molecular weight is 277 g/mol. The van der Waals surface area contributed by atoms with E-state index in [0.29, 0.717) is 5.56 Å². The van der Waals surface area contributed by atoms with Gasteiger partial charge in [-0.2, -0.15) is 0 Å². The monoisotopic (exact) mass is 276 g/mol. The van der Waals surface area contributed by atoms with Crippen molar-refractivity contribution in [2.45, 2.75) is 31.7 Å². The zero-order chi connectivity index (χ0) is 10.8. The molecule has 0 aliphatic carbocycles. The third-order valence-corrected chi connectivity index (χ3v) is 3.33. The van der Waals surface area contributed by atoms with Gasteiger partial charge in [-0.1, -0.05) is 15.9 Å². The van der Waals surface area contributed by atoms with Crippen molar-refractivity contribution in [3.63, 3.8) is 0 Å². The summed E-state index contributed by atoms with van der Waals surface area (Å²) < 4.78 is 5.23. The van der Waals surface area contributed by atoms with Gasteiger partial charge in [0.15, 0.2) is 0 Å². The molecule has 0 N–H and O–H groups in total. The minimum Gasteiger partial charge on any atom is -0.456 e. The Morgan fingerprint density at radius 1 is 1.57 bits per heavy atom. The van der Waals surface area contributed by atoms with Crippen molar-refractivity contribution in [2.75, 3.05) is 0 Å². The first-order valence-electron chi connectivity index (χ1n) is 4.29. The summed E-state index contributed by atoms with van der Waals surface area (Å²) in [6.07, 6.45) is 0. The normalized spacial score (nSPS) is 11.4. The fourth-order valence-corrected chi connectivity index (χ4v) is 2.15. The third-order valence-electron chi connectivity index (χ3n) is 1.42. The Morgan fingerprint density at radius 3 is 2.64 bits per heavy atom. The van der Waals surface area contributed by atoms with Crippen LogP contribution in [0.2, 0.25) is 0 Å². The first kappa shape index (κ1) is 11.7. The highest BCUT2D eigenvalue weighted by molar-refractivity contribution is 9.08. The quantitative estimate of drug-likeness (QED) is 0.610. The zero-order valence-corrected chi connectivity index (χ0v) is 10.9. The van der Waals surface area contributed by atoms with Crippen LogP contribution >= 0.6 is 27.3 Å². The summed E-state index contributed by atoms with van der Waals surface area (Å²) >= 11 is 4.90. The van der Waals surface area contributed by atoms with Gasteiger partial charge in [0.2, 0.25) is 0 Å². The second-order valence-electron chi connectivity index (χ2n) is 3.94. The first-order chi connectivity index (χ1) is 6.42. The number of carbonyl (C=O) groups excluding carboxylic acids is 1. The predicted molar refractivity (Wildman–Crippen MR) is 62.1 cm³/mol. The van der Waals surface area contributed by atoms with E-state index in [4.69, 9.17) is 4.74 Å². The molecule has 0 aromatic carbocycles. The Kier molecular flexibility index (Phi) is 3.72. The van der Waals surface area contributed by atoms with Crippen LogP contribution in [-0.2, 0) is 10.1 Å². The van der Waals surface area contributed by atoms with E-state index < -0.39 is 5.60 Å². The van der Waals surface area contributed by atoms with E-state index in [1.54, 1.807) is 11.3 Å². The molecule has 0 amide bonds. The second-order valence-corrected chi connectivity index (χ2v) is 5.49. The van der Waals surface area contributed by atoms with Gasteiger partial charge in [-0.15, -0.1) is 11.3 Å². The molecular formula is C10H13BrO2S. The van der Waals surface area contributed by atoms with Gasteiger partial charge < -0.3 is 4.74 Å². The van der Waals surface area contributed by atoms with Gasteiger partial charge in [0.25, 0.3) is 0 Å². The van der Waals surface area contributed by atoms with Crippen molar-refractivity contribution in [3.05, 3.63) is 21.9 Å². The highest BCUT2D eigenvalue weighted by Crippen LogP contribution is 2.20. The molecule has 0 aliphatic heterocycles. The summed E-state index contributed by atoms with van der Waals surface area (Å²) in [5.41, 5.74) is 0.215. The number of hydrogen-bond acceptors (Lipinski definition) is 3. The van der Waals surface area contributed by atoms with Crippen LogP contribution in [0, 0.1) is 0 Å². The van der Waals surface area contributed by atoms with Crippen LogP contribution in [0.25, 0.3) is 0 Å². The largest absolute Gasteiger partial charge is 0.456 e. The van der Waals surface area contributed by atoms with Crippen LogP contribution < -0.4 is 0 Å². The molecule has 0 saturated heterocycles. The summed E-state index contributed by atoms with van der Waals surface area (Å²) in [7, 11) is 0. The van der Waals surface area contributed by atoms with E-state index in [0.717, 1.165) is 10.2 Å². The molecule has 0 radical (unpaired) electrons. The van der Waals surface area contributed by atoms with Gasteiger partial charge in [0, 0.05) is 15.6 Å². The minimum atomic E-state index is -0.423. The SMILES string of the molecule is CC(C)(C)OC(=O)c1csc(CBr)c1. The Hall–Kier alpha value is -0.350. The van der Waals surface area contributed by atoms with Gasteiger partial charge in [-0.25, -0.2) is 4.79 Å². The number of esters is 1. The Labute approximate surface area is 96.4 Å². The van der Waals surface area contributed by atoms with Crippen LogP contribution in [0.1, 0.15) is 36.0 Å². The highest BCUT2D eigenvalue weighted by atomic mass is 79.9. The van der Waals surface area contributed by atoms with Crippen molar-refractivity contribution in [3.8, 4) is 0 Å². The standard InChI is InChI=1S/C10H13BrO2S/c1-10(2,3)13-9(12)7-4-8(5-11)14-6-7/h4,6H,5H2,1-3H3. The summed E-state index contributed by atoms with van der Waals surface area (Å²) in [5.74, 6) is -0.249. The number of alkyl halides is 1. The molecule has 1 aromatic rings. The van der Waals surface area contributed by atoms with Crippen molar-refractivity contribution in [1.29, 1.82) is 0 Å². The summed E-state index contributed by atoms with van der Waals surface area (Å²) in [5, 5.41) is 2.60. The average Bonchev–Trinajstić information content (AvgIpc) is 2.48. The van der Waals surface area contributed by atoms with Crippen LogP contribution in [0.5, 0.6) is 0 Å². The van der Waals surface area contributed by atoms with E-state index in [1.165, 1.54) is 0 Å². The maximum Gasteiger partial charge on any atom is 0.339 e. The van der Waals surface area contributed by atoms with Crippen molar-refractivity contribution < 1.29 is 9.53 Å². The Balaban J connectivity index is 2.70. The molecule has 0 saturated carbocycles. The summed E-state index contributed by atoms with van der Waals surface area (Å²) in [4.78, 5) is 12.7. The molecule has 4 heteroatoms. The second kappa shape index (κ2) is 4.45. The van der Waals surface area contributed by atoms with Gasteiger partial charge in [-0.3, -0.25) is 0 Å². The minimum absolute atomic E-state index is 0.249. The van der Waals surface area contributed by atoms with Crippen molar-refractivity contribution in [2.24, 2.45) is 0 Å². The Morgan fingerprint density at radius 2 is 2.21 bits per heavy atom. The molecular weight excluding hydrogens is 264 g/mol. The number of carbonyl (C=O) groups is 1. The Bertz CT molecular complexity index is 325. The molecule has 1 heterocycles.